The van der Waals surface area contributed by atoms with Crippen molar-refractivity contribution < 1.29 is 4.92 Å². The summed E-state index contributed by atoms with van der Waals surface area (Å²) in [6, 6.07) is 4.56. The summed E-state index contributed by atoms with van der Waals surface area (Å²) < 4.78 is 0. The number of benzene rings is 1. The van der Waals surface area contributed by atoms with Gasteiger partial charge in [-0.2, -0.15) is 0 Å². The van der Waals surface area contributed by atoms with Gasteiger partial charge in [-0.05, 0) is 37.8 Å². The van der Waals surface area contributed by atoms with E-state index in [1.165, 1.54) is 12.1 Å². The molecule has 0 atom stereocenters. The number of hydrogen-bond acceptors (Lipinski definition) is 3. The van der Waals surface area contributed by atoms with E-state index < -0.39 is 4.92 Å². The Morgan fingerprint density at radius 1 is 1.26 bits per heavy atom. The highest BCUT2D eigenvalue weighted by Crippen LogP contribution is 2.34. The summed E-state index contributed by atoms with van der Waals surface area (Å²) in [5, 5.41) is 14.8. The molecule has 0 aliphatic heterocycles. The summed E-state index contributed by atoms with van der Waals surface area (Å²) in [6.45, 7) is 10.5. The first-order valence-corrected chi connectivity index (χ1v) is 6.60. The van der Waals surface area contributed by atoms with Gasteiger partial charge < -0.3 is 5.32 Å². The second-order valence-corrected chi connectivity index (χ2v) is 7.10. The first-order chi connectivity index (χ1) is 8.50. The molecule has 0 amide bonds. The SMILES string of the molecule is CC(C)(C)CC(C)(C)Nc1cc(Cl)ccc1[N+](=O)[O-]. The van der Waals surface area contributed by atoms with Gasteiger partial charge in [-0.3, -0.25) is 10.1 Å². The van der Waals surface area contributed by atoms with Crippen LogP contribution in [0.2, 0.25) is 5.02 Å². The number of nitrogens with one attached hydrogen (secondary N) is 1. The van der Waals surface area contributed by atoms with Crippen LogP contribution < -0.4 is 5.32 Å². The molecule has 0 bridgehead atoms. The van der Waals surface area contributed by atoms with Crippen molar-refractivity contribution in [2.75, 3.05) is 5.32 Å². The smallest absolute Gasteiger partial charge is 0.292 e. The molecule has 0 spiro atoms. The van der Waals surface area contributed by atoms with Gasteiger partial charge in [-0.1, -0.05) is 32.4 Å². The molecule has 0 aliphatic carbocycles. The molecule has 4 nitrogen and oxygen atoms in total. The van der Waals surface area contributed by atoms with Crippen molar-refractivity contribution in [1.29, 1.82) is 0 Å². The maximum absolute atomic E-state index is 11.0. The lowest BCUT2D eigenvalue weighted by Gasteiger charge is -2.34. The quantitative estimate of drug-likeness (QED) is 0.633. The number of hydrogen-bond donors (Lipinski definition) is 1. The molecule has 1 N–H and O–H groups in total. The predicted octanol–water partition coefficient (Wildman–Crippen LogP) is 4.87. The first-order valence-electron chi connectivity index (χ1n) is 6.22. The molecule has 0 saturated heterocycles. The van der Waals surface area contributed by atoms with Crippen molar-refractivity contribution in [3.63, 3.8) is 0 Å². The van der Waals surface area contributed by atoms with Crippen LogP contribution in [0.25, 0.3) is 0 Å². The lowest BCUT2D eigenvalue weighted by atomic mass is 9.81. The van der Waals surface area contributed by atoms with Gasteiger partial charge in [-0.15, -0.1) is 0 Å². The van der Waals surface area contributed by atoms with Crippen LogP contribution in [0.3, 0.4) is 0 Å². The third kappa shape index (κ3) is 5.07. The fraction of sp³-hybridized carbons (Fsp3) is 0.571. The maximum Gasteiger partial charge on any atom is 0.292 e. The summed E-state index contributed by atoms with van der Waals surface area (Å²) in [7, 11) is 0. The minimum absolute atomic E-state index is 0.0476. The molecule has 1 rings (SSSR count). The van der Waals surface area contributed by atoms with Gasteiger partial charge in [-0.25, -0.2) is 0 Å². The second kappa shape index (κ2) is 5.37. The summed E-state index contributed by atoms with van der Waals surface area (Å²) in [6.07, 6.45) is 0.879. The summed E-state index contributed by atoms with van der Waals surface area (Å²) in [5.74, 6) is 0. The van der Waals surface area contributed by atoms with Gasteiger partial charge in [0.2, 0.25) is 0 Å². The van der Waals surface area contributed by atoms with Crippen LogP contribution in [0.15, 0.2) is 18.2 Å². The highest BCUT2D eigenvalue weighted by atomic mass is 35.5. The predicted molar refractivity (Wildman–Crippen MR) is 79.9 cm³/mol. The van der Waals surface area contributed by atoms with Gasteiger partial charge in [0.25, 0.3) is 5.69 Å². The molecule has 0 saturated carbocycles. The number of nitrogens with zero attached hydrogens (tertiary/aromatic N) is 1. The first kappa shape index (κ1) is 15.8. The average Bonchev–Trinajstić information content (AvgIpc) is 2.11. The van der Waals surface area contributed by atoms with E-state index in [0.29, 0.717) is 10.7 Å². The molecule has 0 aliphatic rings. The van der Waals surface area contributed by atoms with Crippen LogP contribution in [0.4, 0.5) is 11.4 Å². The standard InChI is InChI=1S/C14H21ClN2O2/c1-13(2,3)9-14(4,5)16-11-8-10(15)6-7-12(11)17(18)19/h6-8,16H,9H2,1-5H3. The lowest BCUT2D eigenvalue weighted by Crippen LogP contribution is -2.35. The topological polar surface area (TPSA) is 55.2 Å². The Labute approximate surface area is 119 Å². The normalized spacial score (nSPS) is 12.3. The molecule has 1 aromatic carbocycles. The van der Waals surface area contributed by atoms with Crippen molar-refractivity contribution in [3.05, 3.63) is 33.3 Å². The molecule has 1 aromatic rings. The monoisotopic (exact) mass is 284 g/mol. The minimum Gasteiger partial charge on any atom is -0.375 e. The van der Waals surface area contributed by atoms with Crippen LogP contribution in [0.1, 0.15) is 41.0 Å². The zero-order valence-corrected chi connectivity index (χ0v) is 12.8. The Morgan fingerprint density at radius 2 is 1.84 bits per heavy atom. The van der Waals surface area contributed by atoms with Crippen LogP contribution in [-0.2, 0) is 0 Å². The Bertz CT molecular complexity index is 479. The third-order valence-electron chi connectivity index (χ3n) is 2.60. The number of rotatable bonds is 4. The molecule has 0 aromatic heterocycles. The summed E-state index contributed by atoms with van der Waals surface area (Å²) in [4.78, 5) is 10.6. The summed E-state index contributed by atoms with van der Waals surface area (Å²) in [5.41, 5.74) is 0.385. The molecular weight excluding hydrogens is 264 g/mol. The third-order valence-corrected chi connectivity index (χ3v) is 2.84. The largest absolute Gasteiger partial charge is 0.375 e. The van der Waals surface area contributed by atoms with E-state index in [-0.39, 0.29) is 16.6 Å². The molecule has 5 heteroatoms. The number of halogens is 1. The Morgan fingerprint density at radius 3 is 2.32 bits per heavy atom. The van der Waals surface area contributed by atoms with Gasteiger partial charge in [0.15, 0.2) is 0 Å². The van der Waals surface area contributed by atoms with E-state index in [4.69, 9.17) is 11.6 Å². The van der Waals surface area contributed by atoms with Crippen LogP contribution >= 0.6 is 11.6 Å². The van der Waals surface area contributed by atoms with E-state index in [1.54, 1.807) is 6.07 Å². The maximum atomic E-state index is 11.0. The Balaban J connectivity index is 3.04. The van der Waals surface area contributed by atoms with E-state index >= 15 is 0 Å². The van der Waals surface area contributed by atoms with Gasteiger partial charge in [0.05, 0.1) is 4.92 Å². The lowest BCUT2D eigenvalue weighted by molar-refractivity contribution is -0.384. The molecule has 0 fully saturated rings. The van der Waals surface area contributed by atoms with Gasteiger partial charge in [0, 0.05) is 16.6 Å². The Kier molecular flexibility index (Phi) is 4.46. The molecule has 0 radical (unpaired) electrons. The van der Waals surface area contributed by atoms with Crippen molar-refractivity contribution in [1.82, 2.24) is 0 Å². The van der Waals surface area contributed by atoms with Crippen molar-refractivity contribution in [3.8, 4) is 0 Å². The van der Waals surface area contributed by atoms with Gasteiger partial charge >= 0.3 is 0 Å². The van der Waals surface area contributed by atoms with Crippen LogP contribution in [0, 0.1) is 15.5 Å². The summed E-state index contributed by atoms with van der Waals surface area (Å²) >= 11 is 5.92. The highest BCUT2D eigenvalue weighted by molar-refractivity contribution is 6.31. The average molecular weight is 285 g/mol. The molecule has 0 heterocycles. The van der Waals surface area contributed by atoms with Gasteiger partial charge in [0.1, 0.15) is 5.69 Å². The fourth-order valence-electron chi connectivity index (χ4n) is 2.50. The molecule has 0 unspecified atom stereocenters. The van der Waals surface area contributed by atoms with Crippen molar-refractivity contribution >= 4 is 23.0 Å². The van der Waals surface area contributed by atoms with Crippen LogP contribution in [0.5, 0.6) is 0 Å². The molecule has 106 valence electrons. The number of nitro benzene ring substituents is 1. The van der Waals surface area contributed by atoms with Crippen molar-refractivity contribution in [2.24, 2.45) is 5.41 Å². The van der Waals surface area contributed by atoms with E-state index in [0.717, 1.165) is 6.42 Å². The van der Waals surface area contributed by atoms with E-state index in [1.807, 2.05) is 13.8 Å². The number of nitro groups is 1. The number of anilines is 1. The van der Waals surface area contributed by atoms with Crippen molar-refractivity contribution in [2.45, 2.75) is 46.6 Å². The minimum atomic E-state index is -0.397. The van der Waals surface area contributed by atoms with E-state index in [2.05, 4.69) is 26.1 Å². The van der Waals surface area contributed by atoms with E-state index in [9.17, 15) is 10.1 Å². The zero-order valence-electron chi connectivity index (χ0n) is 12.1. The zero-order chi connectivity index (χ0) is 14.8. The highest BCUT2D eigenvalue weighted by Gasteiger charge is 2.27. The fourth-order valence-corrected chi connectivity index (χ4v) is 2.67. The molecular formula is C14H21ClN2O2. The second-order valence-electron chi connectivity index (χ2n) is 6.66. The van der Waals surface area contributed by atoms with Crippen LogP contribution in [-0.4, -0.2) is 10.5 Å². The Hall–Kier alpha value is -1.29. The molecule has 19 heavy (non-hydrogen) atoms.